The highest BCUT2D eigenvalue weighted by atomic mass is 16.6. The van der Waals surface area contributed by atoms with Crippen molar-refractivity contribution in [2.75, 3.05) is 0 Å². The van der Waals surface area contributed by atoms with Gasteiger partial charge < -0.3 is 4.74 Å². The summed E-state index contributed by atoms with van der Waals surface area (Å²) < 4.78 is 5.63. The number of carbonyl (C=O) groups is 2. The van der Waals surface area contributed by atoms with Crippen LogP contribution in [0.25, 0.3) is 0 Å². The molecule has 1 heterocycles. The molecule has 1 aromatic carbocycles. The quantitative estimate of drug-likeness (QED) is 0.239. The Hall–Kier alpha value is -2.36. The molecule has 0 spiro atoms. The lowest BCUT2D eigenvalue weighted by Gasteiger charge is -2.28. The SMILES string of the molecule is C=CCCCCC[C@@H]1CC[C@@H](/C=C/C(=O)CCC)N1C(=O)OCc1ccccc1. The zero-order valence-corrected chi connectivity index (χ0v) is 17.7. The first-order chi connectivity index (χ1) is 14.2. The molecule has 29 heavy (non-hydrogen) atoms. The molecule has 0 N–H and O–H groups in total. The molecule has 0 unspecified atom stereocenters. The highest BCUT2D eigenvalue weighted by molar-refractivity contribution is 5.89. The Bertz CT molecular complexity index is 668. The summed E-state index contributed by atoms with van der Waals surface area (Å²) in [7, 11) is 0. The van der Waals surface area contributed by atoms with E-state index < -0.39 is 0 Å². The molecule has 2 rings (SSSR count). The molecule has 158 valence electrons. The van der Waals surface area contributed by atoms with Crippen LogP contribution in [0.4, 0.5) is 4.79 Å². The van der Waals surface area contributed by atoms with Crippen molar-refractivity contribution in [3.63, 3.8) is 0 Å². The number of benzene rings is 1. The summed E-state index contributed by atoms with van der Waals surface area (Å²) in [5.41, 5.74) is 0.978. The molecule has 0 radical (unpaired) electrons. The van der Waals surface area contributed by atoms with Gasteiger partial charge in [0.15, 0.2) is 5.78 Å². The van der Waals surface area contributed by atoms with E-state index >= 15 is 0 Å². The van der Waals surface area contributed by atoms with Crippen LogP contribution in [0, 0.1) is 0 Å². The molecule has 1 amide bonds. The second kappa shape index (κ2) is 13.0. The largest absolute Gasteiger partial charge is 0.445 e. The molecular weight excluding hydrogens is 362 g/mol. The summed E-state index contributed by atoms with van der Waals surface area (Å²) >= 11 is 0. The number of ether oxygens (including phenoxy) is 1. The normalized spacial score (nSPS) is 18.9. The van der Waals surface area contributed by atoms with Gasteiger partial charge in [-0.25, -0.2) is 4.79 Å². The van der Waals surface area contributed by atoms with Gasteiger partial charge in [0, 0.05) is 12.5 Å². The van der Waals surface area contributed by atoms with E-state index in [0.29, 0.717) is 6.42 Å². The van der Waals surface area contributed by atoms with E-state index in [2.05, 4.69) is 6.58 Å². The summed E-state index contributed by atoms with van der Waals surface area (Å²) in [5, 5.41) is 0. The predicted octanol–water partition coefficient (Wildman–Crippen LogP) is 6.22. The Kier molecular flexibility index (Phi) is 10.3. The lowest BCUT2D eigenvalue weighted by Crippen LogP contribution is -2.40. The zero-order valence-electron chi connectivity index (χ0n) is 17.7. The highest BCUT2D eigenvalue weighted by Gasteiger charge is 2.36. The van der Waals surface area contributed by atoms with Crippen molar-refractivity contribution in [1.29, 1.82) is 0 Å². The van der Waals surface area contributed by atoms with Gasteiger partial charge in [0.1, 0.15) is 6.61 Å². The third kappa shape index (κ3) is 7.88. The van der Waals surface area contributed by atoms with Gasteiger partial charge in [0.05, 0.1) is 6.04 Å². The zero-order chi connectivity index (χ0) is 20.9. The number of rotatable bonds is 12. The first-order valence-corrected chi connectivity index (χ1v) is 11.0. The monoisotopic (exact) mass is 397 g/mol. The number of ketones is 1. The molecule has 0 bridgehead atoms. The molecule has 0 saturated carbocycles. The first kappa shape index (κ1) is 22.9. The number of hydrogen-bond acceptors (Lipinski definition) is 3. The Morgan fingerprint density at radius 3 is 2.69 bits per heavy atom. The van der Waals surface area contributed by atoms with Crippen LogP contribution in [0.15, 0.2) is 55.1 Å². The fraction of sp³-hybridized carbons (Fsp3) is 0.520. The summed E-state index contributed by atoms with van der Waals surface area (Å²) in [6, 6.07) is 9.86. The van der Waals surface area contributed by atoms with Gasteiger partial charge >= 0.3 is 6.09 Å². The summed E-state index contributed by atoms with van der Waals surface area (Å²) in [4.78, 5) is 26.7. The fourth-order valence-corrected chi connectivity index (χ4v) is 3.86. The Morgan fingerprint density at radius 1 is 1.17 bits per heavy atom. The van der Waals surface area contributed by atoms with E-state index in [1.165, 1.54) is 0 Å². The van der Waals surface area contributed by atoms with Crippen molar-refractivity contribution in [2.24, 2.45) is 0 Å². The number of likely N-dealkylation sites (tertiary alicyclic amines) is 1. The van der Waals surface area contributed by atoms with Crippen molar-refractivity contribution in [3.8, 4) is 0 Å². The van der Waals surface area contributed by atoms with E-state index in [1.807, 2.05) is 54.3 Å². The van der Waals surface area contributed by atoms with Crippen LogP contribution in [-0.2, 0) is 16.1 Å². The van der Waals surface area contributed by atoms with Gasteiger partial charge in [-0.15, -0.1) is 6.58 Å². The maximum Gasteiger partial charge on any atom is 0.410 e. The van der Waals surface area contributed by atoms with Crippen LogP contribution >= 0.6 is 0 Å². The second-order valence-corrected chi connectivity index (χ2v) is 7.75. The van der Waals surface area contributed by atoms with E-state index in [0.717, 1.165) is 56.9 Å². The average Bonchev–Trinajstić information content (AvgIpc) is 3.14. The van der Waals surface area contributed by atoms with Gasteiger partial charge in [0.2, 0.25) is 0 Å². The molecule has 4 nitrogen and oxygen atoms in total. The summed E-state index contributed by atoms with van der Waals surface area (Å²) in [5.74, 6) is 0.123. The molecular formula is C25H35NO3. The molecule has 1 aliphatic rings. The topological polar surface area (TPSA) is 46.6 Å². The highest BCUT2D eigenvalue weighted by Crippen LogP contribution is 2.30. The van der Waals surface area contributed by atoms with Crippen LogP contribution in [0.5, 0.6) is 0 Å². The van der Waals surface area contributed by atoms with Gasteiger partial charge in [0.25, 0.3) is 0 Å². The Balaban J connectivity index is 1.98. The minimum atomic E-state index is -0.278. The number of allylic oxidation sites excluding steroid dienone is 2. The van der Waals surface area contributed by atoms with Crippen LogP contribution in [-0.4, -0.2) is 28.9 Å². The molecule has 0 aromatic heterocycles. The lowest BCUT2D eigenvalue weighted by molar-refractivity contribution is -0.114. The number of unbranched alkanes of at least 4 members (excludes halogenated alkanes) is 3. The van der Waals surface area contributed by atoms with E-state index in [1.54, 1.807) is 6.08 Å². The minimum absolute atomic E-state index is 0.0581. The lowest BCUT2D eigenvalue weighted by atomic mass is 10.1. The van der Waals surface area contributed by atoms with Crippen LogP contribution in [0.2, 0.25) is 0 Å². The Morgan fingerprint density at radius 2 is 1.97 bits per heavy atom. The number of nitrogens with zero attached hydrogens (tertiary/aromatic N) is 1. The van der Waals surface area contributed by atoms with Crippen LogP contribution < -0.4 is 0 Å². The predicted molar refractivity (Wildman–Crippen MR) is 118 cm³/mol. The standard InChI is InChI=1S/C25H35NO3/c1-3-5-6-7-11-15-22-16-17-23(18-19-24(27)12-4-2)26(22)25(28)29-20-21-13-9-8-10-14-21/h3,8-10,13-14,18-19,22-23H,1,4-7,11-12,15-17,20H2,2H3/b19-18+/t22-,23+/m1/s1. The Labute approximate surface area is 175 Å². The van der Waals surface area contributed by atoms with Crippen molar-refractivity contribution in [1.82, 2.24) is 4.90 Å². The molecule has 1 aromatic rings. The van der Waals surface area contributed by atoms with Crippen molar-refractivity contribution in [3.05, 3.63) is 60.7 Å². The summed E-state index contributed by atoms with van der Waals surface area (Å²) in [6.07, 6.45) is 13.9. The number of carbonyl (C=O) groups excluding carboxylic acids is 2. The maximum atomic E-state index is 12.9. The van der Waals surface area contributed by atoms with Gasteiger partial charge in [-0.2, -0.15) is 0 Å². The minimum Gasteiger partial charge on any atom is -0.445 e. The molecule has 2 atom stereocenters. The van der Waals surface area contributed by atoms with Gasteiger partial charge in [-0.3, -0.25) is 9.69 Å². The van der Waals surface area contributed by atoms with E-state index in [4.69, 9.17) is 4.74 Å². The third-order valence-corrected chi connectivity index (χ3v) is 5.41. The van der Waals surface area contributed by atoms with Crippen molar-refractivity contribution in [2.45, 2.75) is 83.4 Å². The molecule has 1 fully saturated rings. The van der Waals surface area contributed by atoms with E-state index in [-0.39, 0.29) is 30.6 Å². The molecule has 1 aliphatic heterocycles. The molecule has 1 saturated heterocycles. The number of amides is 1. The number of hydrogen-bond donors (Lipinski definition) is 0. The molecule has 0 aliphatic carbocycles. The molecule has 4 heteroatoms. The fourth-order valence-electron chi connectivity index (χ4n) is 3.86. The average molecular weight is 398 g/mol. The maximum absolute atomic E-state index is 12.9. The van der Waals surface area contributed by atoms with Gasteiger partial charge in [-0.05, 0) is 50.2 Å². The van der Waals surface area contributed by atoms with Crippen LogP contribution in [0.1, 0.15) is 70.3 Å². The van der Waals surface area contributed by atoms with Crippen LogP contribution in [0.3, 0.4) is 0 Å². The summed E-state index contributed by atoms with van der Waals surface area (Å²) in [6.45, 7) is 6.04. The second-order valence-electron chi connectivity index (χ2n) is 7.75. The smallest absolute Gasteiger partial charge is 0.410 e. The first-order valence-electron chi connectivity index (χ1n) is 11.0. The van der Waals surface area contributed by atoms with E-state index in [9.17, 15) is 9.59 Å². The van der Waals surface area contributed by atoms with Gasteiger partial charge in [-0.1, -0.05) is 62.2 Å². The van der Waals surface area contributed by atoms with Crippen molar-refractivity contribution >= 4 is 11.9 Å². The third-order valence-electron chi connectivity index (χ3n) is 5.41. The van der Waals surface area contributed by atoms with Crippen molar-refractivity contribution < 1.29 is 14.3 Å².